The smallest absolute Gasteiger partial charge is 0.144 e. The van der Waals surface area contributed by atoms with Gasteiger partial charge in [0.25, 0.3) is 0 Å². The average molecular weight is 206 g/mol. The molecule has 2 rings (SSSR count). The van der Waals surface area contributed by atoms with E-state index >= 15 is 0 Å². The first kappa shape index (κ1) is 10.2. The lowest BCUT2D eigenvalue weighted by Crippen LogP contribution is -2.21. The van der Waals surface area contributed by atoms with Crippen LogP contribution in [-0.4, -0.2) is 16.5 Å². The number of nitrogens with zero attached hydrogens (tertiary/aromatic N) is 2. The summed E-state index contributed by atoms with van der Waals surface area (Å²) in [5.74, 6) is 2.01. The van der Waals surface area contributed by atoms with Crippen LogP contribution in [0, 0.1) is 11.3 Å². The van der Waals surface area contributed by atoms with Crippen molar-refractivity contribution in [3.63, 3.8) is 0 Å². The highest BCUT2D eigenvalue weighted by atomic mass is 15.0. The van der Waals surface area contributed by atoms with Gasteiger partial charge >= 0.3 is 0 Å². The summed E-state index contributed by atoms with van der Waals surface area (Å²) in [6, 6.07) is 0. The predicted octanol–water partition coefficient (Wildman–Crippen LogP) is 1.91. The lowest BCUT2D eigenvalue weighted by atomic mass is 9.92. The second-order valence-electron chi connectivity index (χ2n) is 4.70. The summed E-state index contributed by atoms with van der Waals surface area (Å²) in [5.41, 5.74) is 5.96. The van der Waals surface area contributed by atoms with Gasteiger partial charge in [-0.1, -0.05) is 13.8 Å². The standard InChI is InChI=1S/C11H18N4/c1-8(2)11(3-4-11)7-15-10-6-13-9(12)5-14-10/h5-6,8H,3-4,7H2,1-2H3,(H2,12,13)(H,14,15). The quantitative estimate of drug-likeness (QED) is 0.789. The van der Waals surface area contributed by atoms with Gasteiger partial charge in [0.05, 0.1) is 12.4 Å². The SMILES string of the molecule is CC(C)C1(CNc2cnc(N)cn2)CC1. The zero-order valence-corrected chi connectivity index (χ0v) is 9.33. The lowest BCUT2D eigenvalue weighted by molar-refractivity contribution is 0.380. The molecular formula is C11H18N4. The fourth-order valence-electron chi connectivity index (χ4n) is 1.81. The van der Waals surface area contributed by atoms with E-state index in [0.29, 0.717) is 11.2 Å². The van der Waals surface area contributed by atoms with Gasteiger partial charge in [0.2, 0.25) is 0 Å². The number of nitrogen functional groups attached to an aromatic ring is 1. The number of rotatable bonds is 4. The topological polar surface area (TPSA) is 63.8 Å². The molecule has 0 saturated heterocycles. The van der Waals surface area contributed by atoms with Gasteiger partial charge in [0, 0.05) is 6.54 Å². The van der Waals surface area contributed by atoms with Gasteiger partial charge in [-0.15, -0.1) is 0 Å². The van der Waals surface area contributed by atoms with Crippen LogP contribution in [0.25, 0.3) is 0 Å². The monoisotopic (exact) mass is 206 g/mol. The normalized spacial score (nSPS) is 17.8. The zero-order chi connectivity index (χ0) is 10.9. The van der Waals surface area contributed by atoms with Crippen molar-refractivity contribution in [2.45, 2.75) is 26.7 Å². The maximum atomic E-state index is 5.47. The number of nitrogens with one attached hydrogen (secondary N) is 1. The Balaban J connectivity index is 1.91. The molecule has 82 valence electrons. The van der Waals surface area contributed by atoms with Gasteiger partial charge in [0.15, 0.2) is 0 Å². The van der Waals surface area contributed by atoms with Gasteiger partial charge in [-0.05, 0) is 24.2 Å². The minimum absolute atomic E-state index is 0.463. The van der Waals surface area contributed by atoms with Gasteiger partial charge in [-0.25, -0.2) is 9.97 Å². The summed E-state index contributed by atoms with van der Waals surface area (Å²) >= 11 is 0. The third kappa shape index (κ3) is 2.19. The Hall–Kier alpha value is -1.32. The molecule has 1 heterocycles. The molecule has 0 unspecified atom stereocenters. The number of aromatic nitrogens is 2. The summed E-state index contributed by atoms with van der Waals surface area (Å²) in [4.78, 5) is 8.17. The molecule has 4 heteroatoms. The number of anilines is 2. The molecule has 0 bridgehead atoms. The molecule has 1 aliphatic rings. The van der Waals surface area contributed by atoms with Crippen molar-refractivity contribution in [2.24, 2.45) is 11.3 Å². The van der Waals surface area contributed by atoms with E-state index in [9.17, 15) is 0 Å². The van der Waals surface area contributed by atoms with Gasteiger partial charge < -0.3 is 11.1 Å². The zero-order valence-electron chi connectivity index (χ0n) is 9.33. The third-order valence-electron chi connectivity index (χ3n) is 3.41. The first-order chi connectivity index (χ1) is 7.12. The molecule has 3 N–H and O–H groups in total. The second-order valence-corrected chi connectivity index (χ2v) is 4.70. The Morgan fingerprint density at radius 2 is 2.13 bits per heavy atom. The van der Waals surface area contributed by atoms with Crippen LogP contribution in [0.2, 0.25) is 0 Å². The van der Waals surface area contributed by atoms with E-state index in [4.69, 9.17) is 5.73 Å². The summed E-state index contributed by atoms with van der Waals surface area (Å²) < 4.78 is 0. The summed E-state index contributed by atoms with van der Waals surface area (Å²) in [7, 11) is 0. The first-order valence-electron chi connectivity index (χ1n) is 5.44. The van der Waals surface area contributed by atoms with Crippen molar-refractivity contribution >= 4 is 11.6 Å². The molecule has 4 nitrogen and oxygen atoms in total. The van der Waals surface area contributed by atoms with Crippen LogP contribution >= 0.6 is 0 Å². The van der Waals surface area contributed by atoms with Crippen LogP contribution in [0.5, 0.6) is 0 Å². The number of nitrogens with two attached hydrogens (primary N) is 1. The molecular weight excluding hydrogens is 188 g/mol. The Bertz CT molecular complexity index is 327. The molecule has 1 aromatic rings. The molecule has 1 aromatic heterocycles. The fourth-order valence-corrected chi connectivity index (χ4v) is 1.81. The fraction of sp³-hybridized carbons (Fsp3) is 0.636. The lowest BCUT2D eigenvalue weighted by Gasteiger charge is -2.20. The molecule has 0 aromatic carbocycles. The van der Waals surface area contributed by atoms with Gasteiger partial charge in [-0.2, -0.15) is 0 Å². The van der Waals surface area contributed by atoms with Crippen LogP contribution in [0.3, 0.4) is 0 Å². The molecule has 1 aliphatic carbocycles. The van der Waals surface area contributed by atoms with Crippen LogP contribution in [0.1, 0.15) is 26.7 Å². The molecule has 1 saturated carbocycles. The molecule has 0 atom stereocenters. The van der Waals surface area contributed by atoms with Crippen molar-refractivity contribution in [1.82, 2.24) is 9.97 Å². The Morgan fingerprint density at radius 3 is 2.60 bits per heavy atom. The van der Waals surface area contributed by atoms with Gasteiger partial charge in [-0.3, -0.25) is 0 Å². The molecule has 0 spiro atoms. The Morgan fingerprint density at radius 1 is 1.40 bits per heavy atom. The van der Waals surface area contributed by atoms with E-state index < -0.39 is 0 Å². The summed E-state index contributed by atoms with van der Waals surface area (Å²) in [6.07, 6.45) is 5.91. The summed E-state index contributed by atoms with van der Waals surface area (Å²) in [5, 5.41) is 3.33. The number of hydrogen-bond donors (Lipinski definition) is 2. The van der Waals surface area contributed by atoms with Crippen molar-refractivity contribution in [3.05, 3.63) is 12.4 Å². The van der Waals surface area contributed by atoms with E-state index in [1.165, 1.54) is 12.8 Å². The Kier molecular flexibility index (Phi) is 2.50. The largest absolute Gasteiger partial charge is 0.382 e. The maximum absolute atomic E-state index is 5.47. The Labute approximate surface area is 90.3 Å². The maximum Gasteiger partial charge on any atom is 0.144 e. The highest BCUT2D eigenvalue weighted by Crippen LogP contribution is 2.51. The highest BCUT2D eigenvalue weighted by molar-refractivity contribution is 5.36. The van der Waals surface area contributed by atoms with Crippen molar-refractivity contribution in [3.8, 4) is 0 Å². The predicted molar refractivity (Wildman–Crippen MR) is 61.4 cm³/mol. The molecule has 1 fully saturated rings. The minimum Gasteiger partial charge on any atom is -0.382 e. The highest BCUT2D eigenvalue weighted by Gasteiger charge is 2.44. The average Bonchev–Trinajstić information content (AvgIpc) is 2.98. The van der Waals surface area contributed by atoms with Crippen molar-refractivity contribution in [2.75, 3.05) is 17.6 Å². The van der Waals surface area contributed by atoms with E-state index in [0.717, 1.165) is 18.3 Å². The van der Waals surface area contributed by atoms with E-state index in [2.05, 4.69) is 29.1 Å². The van der Waals surface area contributed by atoms with E-state index in [1.807, 2.05) is 0 Å². The molecule has 0 radical (unpaired) electrons. The van der Waals surface area contributed by atoms with Crippen LogP contribution in [0.15, 0.2) is 12.4 Å². The number of hydrogen-bond acceptors (Lipinski definition) is 4. The van der Waals surface area contributed by atoms with Gasteiger partial charge in [0.1, 0.15) is 11.6 Å². The second kappa shape index (κ2) is 3.68. The molecule has 0 amide bonds. The molecule has 0 aliphatic heterocycles. The summed E-state index contributed by atoms with van der Waals surface area (Å²) in [6.45, 7) is 5.55. The van der Waals surface area contributed by atoms with Crippen molar-refractivity contribution in [1.29, 1.82) is 0 Å². The van der Waals surface area contributed by atoms with E-state index in [1.54, 1.807) is 12.4 Å². The van der Waals surface area contributed by atoms with E-state index in [-0.39, 0.29) is 0 Å². The van der Waals surface area contributed by atoms with Crippen molar-refractivity contribution < 1.29 is 0 Å². The van der Waals surface area contributed by atoms with Crippen LogP contribution in [-0.2, 0) is 0 Å². The molecule has 15 heavy (non-hydrogen) atoms. The first-order valence-corrected chi connectivity index (χ1v) is 5.44. The van der Waals surface area contributed by atoms with Crippen LogP contribution in [0.4, 0.5) is 11.6 Å². The van der Waals surface area contributed by atoms with Crippen LogP contribution < -0.4 is 11.1 Å². The minimum atomic E-state index is 0.463. The third-order valence-corrected chi connectivity index (χ3v) is 3.41.